The van der Waals surface area contributed by atoms with Gasteiger partial charge in [0.05, 0.1) is 31.9 Å². The lowest BCUT2D eigenvalue weighted by Crippen LogP contribution is -2.40. The molecule has 0 aliphatic carbocycles. The number of carbonyl (C=O) groups excluding carboxylic acids is 1. The summed E-state index contributed by atoms with van der Waals surface area (Å²) in [6.45, 7) is 1.70. The molecule has 0 spiro atoms. The first-order chi connectivity index (χ1) is 16.3. The molecule has 34 heavy (non-hydrogen) atoms. The highest BCUT2D eigenvalue weighted by molar-refractivity contribution is 7.92. The van der Waals surface area contributed by atoms with E-state index in [9.17, 15) is 13.2 Å². The van der Waals surface area contributed by atoms with E-state index in [1.807, 2.05) is 19.1 Å². The molecule has 0 bridgehead atoms. The van der Waals surface area contributed by atoms with Crippen LogP contribution in [0, 0.1) is 6.92 Å². The summed E-state index contributed by atoms with van der Waals surface area (Å²) in [7, 11) is 0.486. The topological polar surface area (TPSA) is 94.2 Å². The Balaban J connectivity index is 1.89. The molecule has 8 nitrogen and oxygen atoms in total. The minimum absolute atomic E-state index is 0.0795. The van der Waals surface area contributed by atoms with Gasteiger partial charge in [-0.2, -0.15) is 0 Å². The Labute approximate surface area is 200 Å². The Hall–Kier alpha value is -3.72. The third kappa shape index (κ3) is 5.79. The SMILES string of the molecule is COc1ccc(CNC(=O)CN(c2ccc(OC)c(OC)c2)S(=O)(=O)c2ccc(C)cc2)cc1. The van der Waals surface area contributed by atoms with Crippen LogP contribution in [-0.2, 0) is 21.4 Å². The summed E-state index contributed by atoms with van der Waals surface area (Å²) in [6.07, 6.45) is 0. The molecule has 9 heteroatoms. The first kappa shape index (κ1) is 24.9. The fourth-order valence-electron chi connectivity index (χ4n) is 3.26. The molecule has 0 aromatic heterocycles. The van der Waals surface area contributed by atoms with Crippen LogP contribution in [0.15, 0.2) is 71.6 Å². The Morgan fingerprint density at radius 1 is 0.853 bits per heavy atom. The molecule has 3 rings (SSSR count). The average molecular weight is 485 g/mol. The molecule has 1 amide bonds. The maximum Gasteiger partial charge on any atom is 0.264 e. The van der Waals surface area contributed by atoms with Crippen molar-refractivity contribution in [2.75, 3.05) is 32.2 Å². The van der Waals surface area contributed by atoms with E-state index in [1.165, 1.54) is 32.4 Å². The molecule has 0 heterocycles. The maximum absolute atomic E-state index is 13.5. The predicted molar refractivity (Wildman–Crippen MR) is 130 cm³/mol. The van der Waals surface area contributed by atoms with Crippen LogP contribution in [0.2, 0.25) is 0 Å². The highest BCUT2D eigenvalue weighted by Gasteiger charge is 2.28. The summed E-state index contributed by atoms with van der Waals surface area (Å²) in [5, 5.41) is 2.78. The van der Waals surface area contributed by atoms with Gasteiger partial charge >= 0.3 is 0 Å². The quantitative estimate of drug-likeness (QED) is 0.473. The minimum atomic E-state index is -4.04. The van der Waals surface area contributed by atoms with Crippen LogP contribution < -0.4 is 23.8 Å². The first-order valence-electron chi connectivity index (χ1n) is 10.5. The van der Waals surface area contributed by atoms with Crippen LogP contribution in [0.4, 0.5) is 5.69 Å². The normalized spacial score (nSPS) is 10.9. The lowest BCUT2D eigenvalue weighted by molar-refractivity contribution is -0.119. The number of hydrogen-bond acceptors (Lipinski definition) is 6. The number of sulfonamides is 1. The second-order valence-corrected chi connectivity index (χ2v) is 9.35. The average Bonchev–Trinajstić information content (AvgIpc) is 2.86. The van der Waals surface area contributed by atoms with Crippen LogP contribution in [0.1, 0.15) is 11.1 Å². The van der Waals surface area contributed by atoms with E-state index in [0.29, 0.717) is 17.2 Å². The van der Waals surface area contributed by atoms with Crippen molar-refractivity contribution in [2.45, 2.75) is 18.4 Å². The van der Waals surface area contributed by atoms with E-state index in [4.69, 9.17) is 14.2 Å². The molecular weight excluding hydrogens is 456 g/mol. The molecule has 3 aromatic carbocycles. The van der Waals surface area contributed by atoms with Crippen LogP contribution >= 0.6 is 0 Å². The Bertz CT molecular complexity index is 1230. The van der Waals surface area contributed by atoms with Crippen molar-refractivity contribution in [3.05, 3.63) is 77.9 Å². The Kier molecular flexibility index (Phi) is 8.01. The van der Waals surface area contributed by atoms with Gasteiger partial charge in [-0.05, 0) is 48.9 Å². The van der Waals surface area contributed by atoms with E-state index in [-0.39, 0.29) is 17.1 Å². The third-order valence-corrected chi connectivity index (χ3v) is 6.99. The number of nitrogens with zero attached hydrogens (tertiary/aromatic N) is 1. The number of amides is 1. The standard InChI is InChI=1S/C25H28N2O6S/c1-18-5-12-22(13-6-18)34(29,30)27(20-9-14-23(32-3)24(15-20)33-4)17-25(28)26-16-19-7-10-21(31-2)11-8-19/h5-15H,16-17H2,1-4H3,(H,26,28). The number of methoxy groups -OCH3 is 3. The number of hydrogen-bond donors (Lipinski definition) is 1. The molecule has 1 N–H and O–H groups in total. The highest BCUT2D eigenvalue weighted by atomic mass is 32.2. The van der Waals surface area contributed by atoms with Crippen molar-refractivity contribution in [3.8, 4) is 17.2 Å². The zero-order valence-electron chi connectivity index (χ0n) is 19.6. The number of nitrogens with one attached hydrogen (secondary N) is 1. The van der Waals surface area contributed by atoms with E-state index in [2.05, 4.69) is 5.32 Å². The fraction of sp³-hybridized carbons (Fsp3) is 0.240. The minimum Gasteiger partial charge on any atom is -0.497 e. The zero-order valence-corrected chi connectivity index (χ0v) is 20.4. The largest absolute Gasteiger partial charge is 0.497 e. The van der Waals surface area contributed by atoms with E-state index in [0.717, 1.165) is 15.4 Å². The molecule has 0 saturated carbocycles. The molecule has 0 aliphatic rings. The summed E-state index contributed by atoms with van der Waals surface area (Å²) in [4.78, 5) is 12.9. The van der Waals surface area contributed by atoms with E-state index >= 15 is 0 Å². The zero-order chi connectivity index (χ0) is 24.7. The van der Waals surface area contributed by atoms with E-state index < -0.39 is 22.5 Å². The third-order valence-electron chi connectivity index (χ3n) is 5.20. The second kappa shape index (κ2) is 10.9. The van der Waals surface area contributed by atoms with Crippen molar-refractivity contribution >= 4 is 21.6 Å². The number of rotatable bonds is 10. The summed E-state index contributed by atoms with van der Waals surface area (Å²) in [6, 6.07) is 18.4. The van der Waals surface area contributed by atoms with E-state index in [1.54, 1.807) is 43.5 Å². The highest BCUT2D eigenvalue weighted by Crippen LogP contribution is 2.33. The number of aryl methyl sites for hydroxylation is 1. The molecule has 0 aliphatic heterocycles. The molecule has 0 radical (unpaired) electrons. The van der Waals surface area contributed by atoms with Crippen molar-refractivity contribution < 1.29 is 27.4 Å². The molecule has 180 valence electrons. The fourth-order valence-corrected chi connectivity index (χ4v) is 4.68. The number of ether oxygens (including phenoxy) is 3. The molecule has 0 fully saturated rings. The van der Waals surface area contributed by atoms with Crippen LogP contribution in [0.3, 0.4) is 0 Å². The molecule has 3 aromatic rings. The van der Waals surface area contributed by atoms with Crippen molar-refractivity contribution in [3.63, 3.8) is 0 Å². The van der Waals surface area contributed by atoms with Gasteiger partial charge < -0.3 is 19.5 Å². The predicted octanol–water partition coefficient (Wildman–Crippen LogP) is 3.53. The summed E-state index contributed by atoms with van der Waals surface area (Å²) >= 11 is 0. The lowest BCUT2D eigenvalue weighted by atomic mass is 10.2. The van der Waals surface area contributed by atoms with Crippen molar-refractivity contribution in [1.29, 1.82) is 0 Å². The molecule has 0 atom stereocenters. The van der Waals surface area contributed by atoms with Crippen molar-refractivity contribution in [2.24, 2.45) is 0 Å². The van der Waals surface area contributed by atoms with Gasteiger partial charge in [0.2, 0.25) is 5.91 Å². The van der Waals surface area contributed by atoms with Gasteiger partial charge in [0.15, 0.2) is 11.5 Å². The molecular formula is C25H28N2O6S. The number of carbonyl (C=O) groups is 1. The summed E-state index contributed by atoms with van der Waals surface area (Å²) < 4.78 is 43.9. The van der Waals surface area contributed by atoms with Gasteiger partial charge in [-0.25, -0.2) is 8.42 Å². The number of benzene rings is 3. The maximum atomic E-state index is 13.5. The van der Waals surface area contributed by atoms with Crippen molar-refractivity contribution in [1.82, 2.24) is 5.32 Å². The molecule has 0 saturated heterocycles. The van der Waals surface area contributed by atoms with Gasteiger partial charge in [0.1, 0.15) is 12.3 Å². The van der Waals surface area contributed by atoms with Gasteiger partial charge in [-0.3, -0.25) is 9.10 Å². The first-order valence-corrected chi connectivity index (χ1v) is 11.9. The van der Waals surface area contributed by atoms with Crippen LogP contribution in [0.25, 0.3) is 0 Å². The van der Waals surface area contributed by atoms with Gasteiger partial charge in [-0.15, -0.1) is 0 Å². The number of anilines is 1. The smallest absolute Gasteiger partial charge is 0.264 e. The van der Waals surface area contributed by atoms with Crippen LogP contribution in [0.5, 0.6) is 17.2 Å². The van der Waals surface area contributed by atoms with Gasteiger partial charge in [-0.1, -0.05) is 29.8 Å². The Morgan fingerprint density at radius 3 is 2.09 bits per heavy atom. The monoisotopic (exact) mass is 484 g/mol. The lowest BCUT2D eigenvalue weighted by Gasteiger charge is -2.25. The van der Waals surface area contributed by atoms with Gasteiger partial charge in [0, 0.05) is 12.6 Å². The van der Waals surface area contributed by atoms with Gasteiger partial charge in [0.25, 0.3) is 10.0 Å². The van der Waals surface area contributed by atoms with Crippen LogP contribution in [-0.4, -0.2) is 42.2 Å². The second-order valence-electron chi connectivity index (χ2n) is 7.49. The molecule has 0 unspecified atom stereocenters. The summed E-state index contributed by atoms with van der Waals surface area (Å²) in [5.41, 5.74) is 2.06. The Morgan fingerprint density at radius 2 is 1.50 bits per heavy atom. The summed E-state index contributed by atoms with van der Waals surface area (Å²) in [5.74, 6) is 1.05.